The number of ketones is 2. The molecular weight excluding hydrogens is 364 g/mol. The molecule has 3 aliphatic carbocycles. The summed E-state index contributed by atoms with van der Waals surface area (Å²) in [5.74, 6) is -2.25. The minimum atomic E-state index is -1.19. The maximum Gasteiger partial charge on any atom is 0.306 e. The van der Waals surface area contributed by atoms with E-state index in [4.69, 9.17) is 14.2 Å². The number of aliphatic hydroxyl groups excluding tert-OH is 1. The number of rotatable bonds is 2. The molecule has 152 valence electrons. The number of fused-ring (bicyclic) bond motifs is 2. The molecule has 1 heterocycles. The number of methoxy groups -OCH3 is 2. The van der Waals surface area contributed by atoms with E-state index in [9.17, 15) is 19.5 Å². The van der Waals surface area contributed by atoms with Crippen LogP contribution < -0.4 is 0 Å². The van der Waals surface area contributed by atoms with Gasteiger partial charge in [0.2, 0.25) is 11.6 Å². The number of carbonyl (C=O) groups is 3. The number of hydrogen-bond acceptors (Lipinski definition) is 7. The average molecular weight is 390 g/mol. The first kappa shape index (κ1) is 19.2. The first-order chi connectivity index (χ1) is 13.1. The largest absolute Gasteiger partial charge is 0.493 e. The first-order valence-corrected chi connectivity index (χ1v) is 9.59. The van der Waals surface area contributed by atoms with Gasteiger partial charge in [-0.2, -0.15) is 0 Å². The Hall–Kier alpha value is -2.15. The van der Waals surface area contributed by atoms with Crippen molar-refractivity contribution in [3.05, 3.63) is 23.2 Å². The van der Waals surface area contributed by atoms with Crippen LogP contribution in [-0.2, 0) is 28.6 Å². The van der Waals surface area contributed by atoms with Gasteiger partial charge in [-0.3, -0.25) is 14.4 Å². The van der Waals surface area contributed by atoms with Gasteiger partial charge in [0.1, 0.15) is 6.10 Å². The van der Waals surface area contributed by atoms with Crippen LogP contribution in [0.5, 0.6) is 0 Å². The monoisotopic (exact) mass is 390 g/mol. The van der Waals surface area contributed by atoms with Crippen molar-refractivity contribution in [2.75, 3.05) is 14.2 Å². The zero-order valence-corrected chi connectivity index (χ0v) is 16.8. The van der Waals surface area contributed by atoms with Crippen molar-refractivity contribution < 1.29 is 33.7 Å². The molecular formula is C21H26O7. The van der Waals surface area contributed by atoms with Gasteiger partial charge < -0.3 is 19.3 Å². The van der Waals surface area contributed by atoms with E-state index in [0.717, 1.165) is 5.57 Å². The van der Waals surface area contributed by atoms with Crippen LogP contribution >= 0.6 is 0 Å². The Labute approximate surface area is 163 Å². The van der Waals surface area contributed by atoms with Gasteiger partial charge in [-0.25, -0.2) is 0 Å². The third kappa shape index (κ3) is 2.05. The quantitative estimate of drug-likeness (QED) is 0.714. The van der Waals surface area contributed by atoms with Gasteiger partial charge in [-0.05, 0) is 25.0 Å². The second-order valence-corrected chi connectivity index (χ2v) is 8.79. The molecule has 2 fully saturated rings. The smallest absolute Gasteiger partial charge is 0.306 e. The topological polar surface area (TPSA) is 99.1 Å². The average Bonchev–Trinajstić information content (AvgIpc) is 2.63. The molecule has 0 spiro atoms. The van der Waals surface area contributed by atoms with Crippen molar-refractivity contribution in [2.24, 2.45) is 28.6 Å². The van der Waals surface area contributed by atoms with E-state index in [1.807, 2.05) is 13.8 Å². The van der Waals surface area contributed by atoms with E-state index >= 15 is 0 Å². The Balaban J connectivity index is 1.99. The predicted molar refractivity (Wildman–Crippen MR) is 96.6 cm³/mol. The third-order valence-corrected chi connectivity index (χ3v) is 7.79. The van der Waals surface area contributed by atoms with Crippen LogP contribution in [0.4, 0.5) is 0 Å². The normalized spacial score (nSPS) is 45.0. The van der Waals surface area contributed by atoms with Crippen molar-refractivity contribution in [2.45, 2.75) is 45.8 Å². The molecule has 0 amide bonds. The number of Topliss-reactive ketones (excluding diaryl/α,β-unsaturated/α-hetero) is 2. The van der Waals surface area contributed by atoms with E-state index in [-0.39, 0.29) is 41.4 Å². The number of allylic oxidation sites excluding steroid dienone is 3. The van der Waals surface area contributed by atoms with Gasteiger partial charge in [0, 0.05) is 23.2 Å². The van der Waals surface area contributed by atoms with Gasteiger partial charge >= 0.3 is 5.97 Å². The maximum atomic E-state index is 13.6. The second kappa shape index (κ2) is 5.92. The molecule has 28 heavy (non-hydrogen) atoms. The molecule has 0 radical (unpaired) electrons. The SMILES string of the molecule is COC1=C[C@H](O)[C@@H]2C[C@H]3OC(=O)C[C@H]4C(C)=C(OC)C(=O)[C@H]([C@@]2(C)C1=O)[C@@]34C. The number of carbonyl (C=O) groups excluding carboxylic acids is 3. The molecule has 1 saturated carbocycles. The summed E-state index contributed by atoms with van der Waals surface area (Å²) in [7, 11) is 2.81. The van der Waals surface area contributed by atoms with Gasteiger partial charge in [-0.15, -0.1) is 0 Å². The van der Waals surface area contributed by atoms with E-state index in [1.54, 1.807) is 6.92 Å². The fraction of sp³-hybridized carbons (Fsp3) is 0.667. The molecule has 1 aliphatic heterocycles. The van der Waals surface area contributed by atoms with Crippen LogP contribution in [-0.4, -0.2) is 49.1 Å². The number of aliphatic hydroxyl groups is 1. The fourth-order valence-electron chi connectivity index (χ4n) is 6.46. The summed E-state index contributed by atoms with van der Waals surface area (Å²) >= 11 is 0. The molecule has 0 aromatic rings. The third-order valence-electron chi connectivity index (χ3n) is 7.79. The number of ether oxygens (including phenoxy) is 3. The lowest BCUT2D eigenvalue weighted by Gasteiger charge is -2.63. The molecule has 7 atom stereocenters. The maximum absolute atomic E-state index is 13.6. The lowest BCUT2D eigenvalue weighted by Crippen LogP contribution is -2.70. The van der Waals surface area contributed by atoms with Crippen LogP contribution in [0.1, 0.15) is 33.6 Å². The summed E-state index contributed by atoms with van der Waals surface area (Å²) in [5.41, 5.74) is -1.22. The fourth-order valence-corrected chi connectivity index (χ4v) is 6.46. The summed E-state index contributed by atoms with van der Waals surface area (Å²) in [5, 5.41) is 10.8. The molecule has 7 heteroatoms. The summed E-state index contributed by atoms with van der Waals surface area (Å²) in [4.78, 5) is 39.4. The van der Waals surface area contributed by atoms with Crippen LogP contribution in [0.2, 0.25) is 0 Å². The standard InChI is InChI=1S/C21H26O7/c1-9-10-7-15(23)28-14-6-11-12(22)8-13(26-4)19(25)21(11,3)18(20(10,14)2)16(24)17(9)27-5/h8,10-12,14,18,22H,6-7H2,1-5H3/t10-,11-,12-,14+,18-,20+,21-/m0/s1. The Morgan fingerprint density at radius 2 is 1.86 bits per heavy atom. The van der Waals surface area contributed by atoms with Crippen molar-refractivity contribution in [1.29, 1.82) is 0 Å². The van der Waals surface area contributed by atoms with Crippen molar-refractivity contribution in [3.63, 3.8) is 0 Å². The molecule has 4 rings (SSSR count). The van der Waals surface area contributed by atoms with E-state index in [1.165, 1.54) is 20.3 Å². The lowest BCUT2D eigenvalue weighted by atomic mass is 9.41. The zero-order chi connectivity index (χ0) is 20.6. The summed E-state index contributed by atoms with van der Waals surface area (Å²) in [6.07, 6.45) is 0.311. The molecule has 0 bridgehead atoms. The van der Waals surface area contributed by atoms with Crippen LogP contribution in [0.3, 0.4) is 0 Å². The molecule has 7 nitrogen and oxygen atoms in total. The van der Waals surface area contributed by atoms with E-state index in [2.05, 4.69) is 0 Å². The molecule has 1 saturated heterocycles. The van der Waals surface area contributed by atoms with Gasteiger partial charge in [0.15, 0.2) is 11.5 Å². The Kier molecular flexibility index (Phi) is 4.06. The minimum absolute atomic E-state index is 0.0655. The summed E-state index contributed by atoms with van der Waals surface area (Å²) in [6.45, 7) is 5.48. The van der Waals surface area contributed by atoms with Gasteiger partial charge in [0.05, 0.1) is 32.2 Å². The van der Waals surface area contributed by atoms with Crippen LogP contribution in [0.25, 0.3) is 0 Å². The Morgan fingerprint density at radius 3 is 2.46 bits per heavy atom. The van der Waals surface area contributed by atoms with E-state index in [0.29, 0.717) is 6.42 Å². The summed E-state index contributed by atoms with van der Waals surface area (Å²) in [6, 6.07) is 0. The number of hydrogen-bond donors (Lipinski definition) is 1. The predicted octanol–water partition coefficient (Wildman–Crippen LogP) is 1.54. The highest BCUT2D eigenvalue weighted by molar-refractivity contribution is 6.07. The van der Waals surface area contributed by atoms with Crippen molar-refractivity contribution >= 4 is 17.5 Å². The number of esters is 1. The van der Waals surface area contributed by atoms with Crippen LogP contribution in [0.15, 0.2) is 23.2 Å². The van der Waals surface area contributed by atoms with Gasteiger partial charge in [-0.1, -0.05) is 13.8 Å². The first-order valence-electron chi connectivity index (χ1n) is 9.59. The molecule has 4 aliphatic rings. The zero-order valence-electron chi connectivity index (χ0n) is 16.8. The molecule has 0 aromatic heterocycles. The second-order valence-electron chi connectivity index (χ2n) is 8.79. The highest BCUT2D eigenvalue weighted by Gasteiger charge is 2.72. The Morgan fingerprint density at radius 1 is 1.18 bits per heavy atom. The van der Waals surface area contributed by atoms with Gasteiger partial charge in [0.25, 0.3) is 0 Å². The highest BCUT2D eigenvalue weighted by atomic mass is 16.5. The molecule has 0 unspecified atom stereocenters. The lowest BCUT2D eigenvalue weighted by molar-refractivity contribution is -0.220. The molecule has 1 N–H and O–H groups in total. The Bertz CT molecular complexity index is 840. The van der Waals surface area contributed by atoms with E-state index < -0.39 is 34.9 Å². The highest BCUT2D eigenvalue weighted by Crippen LogP contribution is 2.66. The van der Waals surface area contributed by atoms with Crippen LogP contribution in [0, 0.1) is 28.6 Å². The minimum Gasteiger partial charge on any atom is -0.493 e. The van der Waals surface area contributed by atoms with Crippen molar-refractivity contribution in [3.8, 4) is 0 Å². The summed E-state index contributed by atoms with van der Waals surface area (Å²) < 4.78 is 16.4. The molecule has 0 aromatic carbocycles. The van der Waals surface area contributed by atoms with Crippen molar-refractivity contribution in [1.82, 2.24) is 0 Å².